The summed E-state index contributed by atoms with van der Waals surface area (Å²) in [5, 5.41) is 6.06. The van der Waals surface area contributed by atoms with E-state index in [1.165, 1.54) is 25.8 Å². The van der Waals surface area contributed by atoms with Crippen molar-refractivity contribution in [3.8, 4) is 5.75 Å². The van der Waals surface area contributed by atoms with Gasteiger partial charge in [-0.1, -0.05) is 23.7 Å². The van der Waals surface area contributed by atoms with Crippen LogP contribution in [0.5, 0.6) is 5.75 Å². The molecule has 2 amide bonds. The Hall–Kier alpha value is -2.18. The van der Waals surface area contributed by atoms with Gasteiger partial charge in [0.15, 0.2) is 0 Å². The Labute approximate surface area is 149 Å². The van der Waals surface area contributed by atoms with Crippen molar-refractivity contribution in [2.24, 2.45) is 0 Å². The number of hydrogen-bond acceptors (Lipinski definition) is 4. The van der Waals surface area contributed by atoms with Gasteiger partial charge in [0, 0.05) is 17.5 Å². The maximum absolute atomic E-state index is 12.2. The predicted octanol–water partition coefficient (Wildman–Crippen LogP) is 4.04. The molecule has 0 heterocycles. The zero-order valence-corrected chi connectivity index (χ0v) is 14.8. The molecule has 0 aliphatic carbocycles. The van der Waals surface area contributed by atoms with E-state index in [0.717, 1.165) is 4.90 Å². The van der Waals surface area contributed by atoms with Crippen LogP contribution in [0, 0.1) is 0 Å². The Morgan fingerprint density at radius 2 is 1.92 bits per heavy atom. The molecule has 2 aromatic rings. The summed E-state index contributed by atoms with van der Waals surface area (Å²) in [7, 11) is 1.52. The van der Waals surface area contributed by atoms with Crippen molar-refractivity contribution in [3.63, 3.8) is 0 Å². The highest BCUT2D eigenvalue weighted by Gasteiger charge is 2.10. The average molecular weight is 365 g/mol. The number of halogens is 1. The molecule has 0 aliphatic rings. The monoisotopic (exact) mass is 364 g/mol. The lowest BCUT2D eigenvalue weighted by Gasteiger charge is -2.12. The van der Waals surface area contributed by atoms with Gasteiger partial charge in [0.2, 0.25) is 11.8 Å². The van der Waals surface area contributed by atoms with Crippen molar-refractivity contribution in [1.82, 2.24) is 0 Å². The smallest absolute Gasteiger partial charge is 0.234 e. The summed E-state index contributed by atoms with van der Waals surface area (Å²) >= 11 is 7.42. The van der Waals surface area contributed by atoms with Crippen LogP contribution >= 0.6 is 23.4 Å². The molecule has 0 saturated carbocycles. The summed E-state index contributed by atoms with van der Waals surface area (Å²) in [5.41, 5.74) is 1.07. The number of anilines is 2. The first-order valence-electron chi connectivity index (χ1n) is 7.12. The summed E-state index contributed by atoms with van der Waals surface area (Å²) in [6.07, 6.45) is 0. The Balaban J connectivity index is 2.04. The quantitative estimate of drug-likeness (QED) is 0.759. The fraction of sp³-hybridized carbons (Fsp3) is 0.176. The molecule has 0 aromatic heterocycles. The number of carbonyl (C=O) groups is 2. The molecule has 5 nitrogen and oxygen atoms in total. The van der Waals surface area contributed by atoms with E-state index in [4.69, 9.17) is 16.3 Å². The molecule has 0 unspecified atom stereocenters. The molecule has 2 rings (SSSR count). The SMILES string of the molecule is COc1ccc(NC(C)=O)cc1NC(=O)CSc1ccccc1Cl. The van der Waals surface area contributed by atoms with Crippen molar-refractivity contribution >= 4 is 46.6 Å². The second-order valence-electron chi connectivity index (χ2n) is 4.86. The molecule has 24 heavy (non-hydrogen) atoms. The van der Waals surface area contributed by atoms with E-state index < -0.39 is 0 Å². The van der Waals surface area contributed by atoms with Crippen LogP contribution in [0.4, 0.5) is 11.4 Å². The zero-order valence-electron chi connectivity index (χ0n) is 13.3. The van der Waals surface area contributed by atoms with Crippen LogP contribution in [0.1, 0.15) is 6.92 Å². The fourth-order valence-electron chi connectivity index (χ4n) is 1.98. The first kappa shape index (κ1) is 18.2. The van der Waals surface area contributed by atoms with Gasteiger partial charge in [0.25, 0.3) is 0 Å². The van der Waals surface area contributed by atoms with Gasteiger partial charge < -0.3 is 15.4 Å². The number of hydrogen-bond donors (Lipinski definition) is 2. The maximum atomic E-state index is 12.2. The first-order chi connectivity index (χ1) is 11.5. The third-order valence-electron chi connectivity index (χ3n) is 2.99. The van der Waals surface area contributed by atoms with Crippen molar-refractivity contribution in [1.29, 1.82) is 0 Å². The van der Waals surface area contributed by atoms with Gasteiger partial charge in [-0.2, -0.15) is 0 Å². The second-order valence-corrected chi connectivity index (χ2v) is 6.29. The van der Waals surface area contributed by atoms with Crippen LogP contribution in [-0.4, -0.2) is 24.7 Å². The molecule has 0 aliphatic heterocycles. The van der Waals surface area contributed by atoms with Gasteiger partial charge >= 0.3 is 0 Å². The van der Waals surface area contributed by atoms with Gasteiger partial charge in [-0.25, -0.2) is 0 Å². The largest absolute Gasteiger partial charge is 0.495 e. The first-order valence-corrected chi connectivity index (χ1v) is 8.48. The van der Waals surface area contributed by atoms with Crippen molar-refractivity contribution < 1.29 is 14.3 Å². The summed E-state index contributed by atoms with van der Waals surface area (Å²) in [5.74, 6) is 0.335. The van der Waals surface area contributed by atoms with E-state index in [0.29, 0.717) is 22.1 Å². The lowest BCUT2D eigenvalue weighted by atomic mass is 10.2. The number of rotatable bonds is 6. The molecule has 0 radical (unpaired) electrons. The molecule has 0 spiro atoms. The normalized spacial score (nSPS) is 10.1. The number of nitrogens with one attached hydrogen (secondary N) is 2. The second kappa shape index (κ2) is 8.61. The van der Waals surface area contributed by atoms with Crippen molar-refractivity contribution in [2.45, 2.75) is 11.8 Å². The summed E-state index contributed by atoms with van der Waals surface area (Å²) in [6.45, 7) is 1.42. The Morgan fingerprint density at radius 1 is 1.17 bits per heavy atom. The number of benzene rings is 2. The molecule has 2 N–H and O–H groups in total. The minimum absolute atomic E-state index is 0.188. The van der Waals surface area contributed by atoms with Crippen LogP contribution in [0.3, 0.4) is 0 Å². The average Bonchev–Trinajstić information content (AvgIpc) is 2.54. The van der Waals surface area contributed by atoms with E-state index in [1.807, 2.05) is 18.2 Å². The molecule has 2 aromatic carbocycles. The Kier molecular flexibility index (Phi) is 6.52. The molecule has 126 valence electrons. The third-order valence-corrected chi connectivity index (χ3v) is 4.50. The lowest BCUT2D eigenvalue weighted by Crippen LogP contribution is -2.15. The number of amides is 2. The summed E-state index contributed by atoms with van der Waals surface area (Å²) in [6, 6.07) is 12.4. The van der Waals surface area contributed by atoms with Gasteiger partial charge in [0.05, 0.1) is 23.6 Å². The number of ether oxygens (including phenoxy) is 1. The lowest BCUT2D eigenvalue weighted by molar-refractivity contribution is -0.114. The number of carbonyl (C=O) groups excluding carboxylic acids is 2. The summed E-state index contributed by atoms with van der Waals surface area (Å²) < 4.78 is 5.23. The fourth-order valence-corrected chi connectivity index (χ4v) is 3.02. The number of thioether (sulfide) groups is 1. The number of methoxy groups -OCH3 is 1. The van der Waals surface area contributed by atoms with Gasteiger partial charge in [-0.05, 0) is 30.3 Å². The molecule has 0 atom stereocenters. The van der Waals surface area contributed by atoms with E-state index in [9.17, 15) is 9.59 Å². The standard InChI is InChI=1S/C17H17ClN2O3S/c1-11(21)19-12-7-8-15(23-2)14(9-12)20-17(22)10-24-16-6-4-3-5-13(16)18/h3-9H,10H2,1-2H3,(H,19,21)(H,20,22). The van der Waals surface area contributed by atoms with Crippen molar-refractivity contribution in [3.05, 3.63) is 47.5 Å². The van der Waals surface area contributed by atoms with Crippen LogP contribution in [-0.2, 0) is 9.59 Å². The molecular weight excluding hydrogens is 348 g/mol. The Bertz CT molecular complexity index is 752. The van der Waals surface area contributed by atoms with E-state index in [2.05, 4.69) is 10.6 Å². The van der Waals surface area contributed by atoms with Crippen LogP contribution in [0.2, 0.25) is 5.02 Å². The van der Waals surface area contributed by atoms with Crippen LogP contribution < -0.4 is 15.4 Å². The molecule has 0 fully saturated rings. The van der Waals surface area contributed by atoms with Gasteiger partial charge in [0.1, 0.15) is 5.75 Å². The molecule has 7 heteroatoms. The van der Waals surface area contributed by atoms with Crippen molar-refractivity contribution in [2.75, 3.05) is 23.5 Å². The highest BCUT2D eigenvalue weighted by Crippen LogP contribution is 2.29. The summed E-state index contributed by atoms with van der Waals surface area (Å²) in [4.78, 5) is 24.2. The van der Waals surface area contributed by atoms with Crippen LogP contribution in [0.25, 0.3) is 0 Å². The topological polar surface area (TPSA) is 67.4 Å². The maximum Gasteiger partial charge on any atom is 0.234 e. The van der Waals surface area contributed by atoms with E-state index in [-0.39, 0.29) is 17.6 Å². The van der Waals surface area contributed by atoms with E-state index in [1.54, 1.807) is 24.3 Å². The van der Waals surface area contributed by atoms with Crippen LogP contribution in [0.15, 0.2) is 47.4 Å². The highest BCUT2D eigenvalue weighted by molar-refractivity contribution is 8.00. The minimum atomic E-state index is -0.196. The van der Waals surface area contributed by atoms with E-state index >= 15 is 0 Å². The zero-order chi connectivity index (χ0) is 17.5. The molecule has 0 bridgehead atoms. The highest BCUT2D eigenvalue weighted by atomic mass is 35.5. The minimum Gasteiger partial charge on any atom is -0.495 e. The van der Waals surface area contributed by atoms with Gasteiger partial charge in [-0.15, -0.1) is 11.8 Å². The molecular formula is C17H17ClN2O3S. The van der Waals surface area contributed by atoms with Gasteiger partial charge in [-0.3, -0.25) is 9.59 Å². The molecule has 0 saturated heterocycles. The Morgan fingerprint density at radius 3 is 2.58 bits per heavy atom. The third kappa shape index (κ3) is 5.18. The predicted molar refractivity (Wildman–Crippen MR) is 98.1 cm³/mol.